The fourth-order valence-electron chi connectivity index (χ4n) is 2.22. The first kappa shape index (κ1) is 12.4. The Morgan fingerprint density at radius 2 is 2.24 bits per heavy atom. The van der Waals surface area contributed by atoms with Gasteiger partial charge in [-0.05, 0) is 59.8 Å². The highest BCUT2D eigenvalue weighted by Gasteiger charge is 2.21. The highest BCUT2D eigenvalue weighted by Crippen LogP contribution is 2.32. The van der Waals surface area contributed by atoms with Crippen molar-refractivity contribution in [1.29, 1.82) is 5.26 Å². The maximum atomic E-state index is 8.86. The van der Waals surface area contributed by atoms with Crippen LogP contribution in [0.3, 0.4) is 0 Å². The molecule has 0 aliphatic heterocycles. The molecule has 1 fully saturated rings. The lowest BCUT2D eigenvalue weighted by Gasteiger charge is -2.33. The summed E-state index contributed by atoms with van der Waals surface area (Å²) in [4.78, 5) is 2.40. The molecule has 1 aliphatic rings. The van der Waals surface area contributed by atoms with E-state index in [4.69, 9.17) is 5.26 Å². The molecule has 0 heterocycles. The van der Waals surface area contributed by atoms with Gasteiger partial charge >= 0.3 is 0 Å². The minimum absolute atomic E-state index is 0.709. The predicted octanol–water partition coefficient (Wildman–Crippen LogP) is 3.95. The molecule has 1 aliphatic carbocycles. The molecule has 1 aromatic carbocycles. The Balaban J connectivity index is 2.15. The Morgan fingerprint density at radius 3 is 2.71 bits per heavy atom. The minimum Gasteiger partial charge on any atom is -0.371 e. The van der Waals surface area contributed by atoms with Crippen LogP contribution in [0.25, 0.3) is 0 Å². The van der Waals surface area contributed by atoms with E-state index in [9.17, 15) is 0 Å². The van der Waals surface area contributed by atoms with Crippen LogP contribution in [0.5, 0.6) is 0 Å². The number of anilines is 1. The first-order valence-corrected chi connectivity index (χ1v) is 6.98. The van der Waals surface area contributed by atoms with Gasteiger partial charge in [0.05, 0.1) is 17.3 Å². The highest BCUT2D eigenvalue weighted by molar-refractivity contribution is 9.10. The lowest BCUT2D eigenvalue weighted by atomic mass is 9.85. The molecule has 0 amide bonds. The van der Waals surface area contributed by atoms with Crippen molar-refractivity contribution >= 4 is 21.6 Å². The van der Waals surface area contributed by atoms with E-state index >= 15 is 0 Å². The number of hydrogen-bond acceptors (Lipinski definition) is 2. The van der Waals surface area contributed by atoms with Crippen LogP contribution >= 0.6 is 15.9 Å². The number of nitrogens with zero attached hydrogens (tertiary/aromatic N) is 2. The van der Waals surface area contributed by atoms with Crippen LogP contribution in [0, 0.1) is 17.2 Å². The molecule has 0 bridgehead atoms. The van der Waals surface area contributed by atoms with Crippen LogP contribution in [0.1, 0.15) is 31.7 Å². The fraction of sp³-hybridized carbons (Fsp3) is 0.500. The van der Waals surface area contributed by atoms with Crippen LogP contribution in [0.4, 0.5) is 5.69 Å². The van der Waals surface area contributed by atoms with Crippen molar-refractivity contribution in [2.75, 3.05) is 18.0 Å². The summed E-state index contributed by atoms with van der Waals surface area (Å²) in [5.74, 6) is 0.859. The van der Waals surface area contributed by atoms with E-state index in [1.54, 1.807) is 0 Å². The van der Waals surface area contributed by atoms with Crippen molar-refractivity contribution in [2.24, 2.45) is 5.92 Å². The quantitative estimate of drug-likeness (QED) is 0.840. The smallest absolute Gasteiger partial charge is 0.0992 e. The van der Waals surface area contributed by atoms with E-state index in [0.717, 1.165) is 23.5 Å². The van der Waals surface area contributed by atoms with Crippen molar-refractivity contribution in [3.63, 3.8) is 0 Å². The van der Waals surface area contributed by atoms with Crippen LogP contribution < -0.4 is 4.90 Å². The van der Waals surface area contributed by atoms with Gasteiger partial charge in [-0.1, -0.05) is 6.42 Å². The fourth-order valence-corrected chi connectivity index (χ4v) is 2.85. The van der Waals surface area contributed by atoms with Gasteiger partial charge in [0, 0.05) is 17.6 Å². The molecule has 1 saturated carbocycles. The lowest BCUT2D eigenvalue weighted by Crippen LogP contribution is -2.32. The zero-order valence-corrected chi connectivity index (χ0v) is 11.7. The molecule has 0 spiro atoms. The summed E-state index contributed by atoms with van der Waals surface area (Å²) in [5.41, 5.74) is 1.92. The van der Waals surface area contributed by atoms with Crippen molar-refractivity contribution < 1.29 is 0 Å². The first-order valence-electron chi connectivity index (χ1n) is 6.19. The largest absolute Gasteiger partial charge is 0.371 e. The van der Waals surface area contributed by atoms with Crippen molar-refractivity contribution in [3.8, 4) is 6.07 Å². The van der Waals surface area contributed by atoms with Crippen LogP contribution in [0.2, 0.25) is 0 Å². The van der Waals surface area contributed by atoms with E-state index < -0.39 is 0 Å². The second-order valence-electron chi connectivity index (χ2n) is 4.61. The lowest BCUT2D eigenvalue weighted by molar-refractivity contribution is 0.318. The summed E-state index contributed by atoms with van der Waals surface area (Å²) in [6, 6.07) is 8.01. The second-order valence-corrected chi connectivity index (χ2v) is 5.47. The molecule has 0 unspecified atom stereocenters. The third-order valence-electron chi connectivity index (χ3n) is 3.50. The first-order chi connectivity index (χ1) is 8.24. The maximum Gasteiger partial charge on any atom is 0.0992 e. The summed E-state index contributed by atoms with van der Waals surface area (Å²) in [7, 11) is 0. The third kappa shape index (κ3) is 2.81. The molecule has 2 nitrogen and oxygen atoms in total. The number of nitriles is 1. The Bertz CT molecular complexity index is 432. The molecule has 2 rings (SSSR count). The van der Waals surface area contributed by atoms with Gasteiger partial charge in [-0.2, -0.15) is 5.26 Å². The average Bonchev–Trinajstić information content (AvgIpc) is 2.29. The normalized spacial score (nSPS) is 15.1. The van der Waals surface area contributed by atoms with Gasteiger partial charge in [0.15, 0.2) is 0 Å². The van der Waals surface area contributed by atoms with E-state index in [-0.39, 0.29) is 0 Å². The molecule has 0 N–H and O–H groups in total. The monoisotopic (exact) mass is 292 g/mol. The number of hydrogen-bond donors (Lipinski definition) is 0. The van der Waals surface area contributed by atoms with E-state index in [2.05, 4.69) is 33.8 Å². The zero-order valence-electron chi connectivity index (χ0n) is 10.1. The molecular weight excluding hydrogens is 276 g/mol. The molecular formula is C14H17BrN2. The van der Waals surface area contributed by atoms with Gasteiger partial charge in [0.25, 0.3) is 0 Å². The minimum atomic E-state index is 0.709. The Labute approximate surface area is 111 Å². The predicted molar refractivity (Wildman–Crippen MR) is 74.1 cm³/mol. The second kappa shape index (κ2) is 5.55. The summed E-state index contributed by atoms with van der Waals surface area (Å²) in [6.45, 7) is 4.34. The van der Waals surface area contributed by atoms with Crippen molar-refractivity contribution in [3.05, 3.63) is 28.2 Å². The number of benzene rings is 1. The molecule has 17 heavy (non-hydrogen) atoms. The molecule has 0 atom stereocenters. The van der Waals surface area contributed by atoms with Crippen molar-refractivity contribution in [1.82, 2.24) is 0 Å². The van der Waals surface area contributed by atoms with E-state index in [0.29, 0.717) is 5.56 Å². The third-order valence-corrected chi connectivity index (χ3v) is 4.14. The van der Waals surface area contributed by atoms with E-state index in [1.807, 2.05) is 18.2 Å². The van der Waals surface area contributed by atoms with Gasteiger partial charge in [-0.3, -0.25) is 0 Å². The number of rotatable bonds is 4. The SMILES string of the molecule is CCN(CC1CCC1)c1ccc(C#N)cc1Br. The summed E-state index contributed by atoms with van der Waals surface area (Å²) < 4.78 is 1.03. The molecule has 90 valence electrons. The summed E-state index contributed by atoms with van der Waals surface area (Å²) in [5, 5.41) is 8.86. The van der Waals surface area contributed by atoms with Crippen molar-refractivity contribution in [2.45, 2.75) is 26.2 Å². The number of halogens is 1. The molecule has 3 heteroatoms. The molecule has 0 radical (unpaired) electrons. The molecule has 1 aromatic rings. The molecule has 0 aromatic heterocycles. The maximum absolute atomic E-state index is 8.86. The van der Waals surface area contributed by atoms with Gasteiger partial charge in [0.2, 0.25) is 0 Å². The topological polar surface area (TPSA) is 27.0 Å². The van der Waals surface area contributed by atoms with Crippen LogP contribution in [-0.2, 0) is 0 Å². The van der Waals surface area contributed by atoms with E-state index in [1.165, 1.54) is 24.9 Å². The van der Waals surface area contributed by atoms with Gasteiger partial charge in [-0.25, -0.2) is 0 Å². The standard InChI is InChI=1S/C14H17BrN2/c1-2-17(10-11-4-3-5-11)14-7-6-12(9-16)8-13(14)15/h6-8,11H,2-5,10H2,1H3. The Kier molecular flexibility index (Phi) is 4.06. The Morgan fingerprint density at radius 1 is 1.47 bits per heavy atom. The van der Waals surface area contributed by atoms with Gasteiger partial charge in [0.1, 0.15) is 0 Å². The average molecular weight is 293 g/mol. The highest BCUT2D eigenvalue weighted by atomic mass is 79.9. The van der Waals surface area contributed by atoms with Crippen LogP contribution in [-0.4, -0.2) is 13.1 Å². The van der Waals surface area contributed by atoms with Gasteiger partial charge in [-0.15, -0.1) is 0 Å². The zero-order chi connectivity index (χ0) is 12.3. The Hall–Kier alpha value is -1.01. The molecule has 0 saturated heterocycles. The van der Waals surface area contributed by atoms with Gasteiger partial charge < -0.3 is 4.90 Å². The summed E-state index contributed by atoms with van der Waals surface area (Å²) >= 11 is 3.57. The van der Waals surface area contributed by atoms with Crippen LogP contribution in [0.15, 0.2) is 22.7 Å². The summed E-state index contributed by atoms with van der Waals surface area (Å²) in [6.07, 6.45) is 4.12.